The molecule has 0 saturated carbocycles. The molecule has 0 radical (unpaired) electrons. The van der Waals surface area contributed by atoms with Crippen LogP contribution in [0.15, 0.2) is 18.2 Å². The highest BCUT2D eigenvalue weighted by molar-refractivity contribution is 5.95. The molecule has 0 fully saturated rings. The van der Waals surface area contributed by atoms with Gasteiger partial charge in [0.05, 0.1) is 17.2 Å². The Balaban J connectivity index is 2.95. The van der Waals surface area contributed by atoms with E-state index < -0.39 is 29.2 Å². The molecule has 0 saturated heterocycles. The van der Waals surface area contributed by atoms with Crippen molar-refractivity contribution in [3.63, 3.8) is 0 Å². The molecule has 2 N–H and O–H groups in total. The number of carbonyl (C=O) groups excluding carboxylic acids is 1. The van der Waals surface area contributed by atoms with Crippen molar-refractivity contribution in [1.82, 2.24) is 5.32 Å². The maximum Gasteiger partial charge on any atom is 0.254 e. The molecule has 1 unspecified atom stereocenters. The van der Waals surface area contributed by atoms with Gasteiger partial charge in [0.15, 0.2) is 11.6 Å². The predicted molar refractivity (Wildman–Crippen MR) is 59.6 cm³/mol. The van der Waals surface area contributed by atoms with Crippen LogP contribution in [0.1, 0.15) is 31.1 Å². The first-order chi connectivity index (χ1) is 7.75. The lowest BCUT2D eigenvalue weighted by Crippen LogP contribution is -2.51. The van der Waals surface area contributed by atoms with Gasteiger partial charge in [0.2, 0.25) is 0 Å². The Morgan fingerprint density at radius 1 is 1.41 bits per heavy atom. The van der Waals surface area contributed by atoms with E-state index >= 15 is 0 Å². The van der Waals surface area contributed by atoms with Gasteiger partial charge < -0.3 is 10.4 Å². The van der Waals surface area contributed by atoms with E-state index in [0.29, 0.717) is 0 Å². The highest BCUT2D eigenvalue weighted by Gasteiger charge is 2.27. The Bertz CT molecular complexity index is 431. The van der Waals surface area contributed by atoms with Crippen LogP contribution >= 0.6 is 0 Å². The number of amides is 1. The molecule has 0 aliphatic carbocycles. The highest BCUT2D eigenvalue weighted by atomic mass is 19.2. The fourth-order valence-corrected chi connectivity index (χ4v) is 1.14. The van der Waals surface area contributed by atoms with E-state index in [9.17, 15) is 18.7 Å². The molecule has 1 rings (SSSR count). The summed E-state index contributed by atoms with van der Waals surface area (Å²) in [6, 6.07) is 3.38. The number of aliphatic hydroxyl groups excluding tert-OH is 1. The number of halogens is 2. The largest absolute Gasteiger partial charge is 0.391 e. The SMILES string of the molecule is CC(O)C(C)(C)NC(=O)c1cccc(F)c1F. The molecular weight excluding hydrogens is 228 g/mol. The third-order valence-electron chi connectivity index (χ3n) is 2.68. The summed E-state index contributed by atoms with van der Waals surface area (Å²) >= 11 is 0. The van der Waals surface area contributed by atoms with Crippen LogP contribution in [-0.4, -0.2) is 22.7 Å². The van der Waals surface area contributed by atoms with E-state index in [4.69, 9.17) is 0 Å². The molecule has 17 heavy (non-hydrogen) atoms. The monoisotopic (exact) mass is 243 g/mol. The Hall–Kier alpha value is -1.49. The fraction of sp³-hybridized carbons (Fsp3) is 0.417. The summed E-state index contributed by atoms with van der Waals surface area (Å²) in [6.45, 7) is 4.68. The average molecular weight is 243 g/mol. The second kappa shape index (κ2) is 4.79. The molecule has 1 amide bonds. The zero-order valence-electron chi connectivity index (χ0n) is 9.92. The third-order valence-corrected chi connectivity index (χ3v) is 2.68. The molecule has 0 heterocycles. The van der Waals surface area contributed by atoms with Gasteiger partial charge in [-0.25, -0.2) is 8.78 Å². The first-order valence-corrected chi connectivity index (χ1v) is 5.20. The van der Waals surface area contributed by atoms with E-state index in [0.717, 1.165) is 6.07 Å². The Morgan fingerprint density at radius 2 is 2.00 bits per heavy atom. The van der Waals surface area contributed by atoms with Crippen molar-refractivity contribution in [2.45, 2.75) is 32.4 Å². The van der Waals surface area contributed by atoms with Crippen molar-refractivity contribution in [2.24, 2.45) is 0 Å². The van der Waals surface area contributed by atoms with Crippen LogP contribution in [-0.2, 0) is 0 Å². The summed E-state index contributed by atoms with van der Waals surface area (Å²) in [6.07, 6.45) is -0.817. The second-order valence-corrected chi connectivity index (χ2v) is 4.45. The van der Waals surface area contributed by atoms with Crippen LogP contribution in [0.3, 0.4) is 0 Å². The standard InChI is InChI=1S/C12H15F2NO2/c1-7(16)12(2,3)15-11(17)8-5-4-6-9(13)10(8)14/h4-7,16H,1-3H3,(H,15,17). The van der Waals surface area contributed by atoms with Gasteiger partial charge in [0.1, 0.15) is 0 Å². The Kier molecular flexibility index (Phi) is 3.83. The molecule has 3 nitrogen and oxygen atoms in total. The van der Waals surface area contributed by atoms with Gasteiger partial charge in [0.25, 0.3) is 5.91 Å². The van der Waals surface area contributed by atoms with Gasteiger partial charge in [-0.05, 0) is 32.9 Å². The quantitative estimate of drug-likeness (QED) is 0.851. The number of rotatable bonds is 3. The van der Waals surface area contributed by atoms with Crippen molar-refractivity contribution in [2.75, 3.05) is 0 Å². The minimum atomic E-state index is -1.19. The average Bonchev–Trinajstić information content (AvgIpc) is 2.21. The maximum atomic E-state index is 13.3. The molecule has 1 aromatic carbocycles. The van der Waals surface area contributed by atoms with Crippen molar-refractivity contribution >= 4 is 5.91 Å². The van der Waals surface area contributed by atoms with Crippen LogP contribution in [0.5, 0.6) is 0 Å². The summed E-state index contributed by atoms with van der Waals surface area (Å²) in [7, 11) is 0. The molecule has 5 heteroatoms. The van der Waals surface area contributed by atoms with Gasteiger partial charge in [-0.3, -0.25) is 4.79 Å². The van der Waals surface area contributed by atoms with Gasteiger partial charge in [-0.15, -0.1) is 0 Å². The molecule has 0 aliphatic heterocycles. The number of nitrogens with one attached hydrogen (secondary N) is 1. The Morgan fingerprint density at radius 3 is 2.53 bits per heavy atom. The Labute approximate surface area is 98.5 Å². The van der Waals surface area contributed by atoms with Gasteiger partial charge in [-0.2, -0.15) is 0 Å². The van der Waals surface area contributed by atoms with Crippen LogP contribution in [0.4, 0.5) is 8.78 Å². The summed E-state index contributed by atoms with van der Waals surface area (Å²) in [5.41, 5.74) is -1.30. The minimum absolute atomic E-state index is 0.376. The van der Waals surface area contributed by atoms with Crippen molar-refractivity contribution in [3.05, 3.63) is 35.4 Å². The van der Waals surface area contributed by atoms with Crippen LogP contribution in [0.2, 0.25) is 0 Å². The maximum absolute atomic E-state index is 13.3. The highest BCUT2D eigenvalue weighted by Crippen LogP contribution is 2.14. The van der Waals surface area contributed by atoms with Crippen LogP contribution in [0, 0.1) is 11.6 Å². The molecule has 1 atom stereocenters. The minimum Gasteiger partial charge on any atom is -0.391 e. The zero-order valence-corrected chi connectivity index (χ0v) is 9.92. The van der Waals surface area contributed by atoms with Crippen LogP contribution < -0.4 is 5.32 Å². The van der Waals surface area contributed by atoms with Gasteiger partial charge >= 0.3 is 0 Å². The number of hydrogen-bond donors (Lipinski definition) is 2. The summed E-state index contributed by atoms with van der Waals surface area (Å²) in [5, 5.41) is 11.9. The van der Waals surface area contributed by atoms with E-state index in [1.165, 1.54) is 19.1 Å². The third kappa shape index (κ3) is 3.00. The lowest BCUT2D eigenvalue weighted by atomic mass is 9.98. The van der Waals surface area contributed by atoms with Crippen LogP contribution in [0.25, 0.3) is 0 Å². The number of aliphatic hydroxyl groups is 1. The first kappa shape index (κ1) is 13.6. The van der Waals surface area contributed by atoms with Gasteiger partial charge in [0, 0.05) is 0 Å². The molecule has 0 bridgehead atoms. The predicted octanol–water partition coefficient (Wildman–Crippen LogP) is 1.85. The fourth-order valence-electron chi connectivity index (χ4n) is 1.14. The van der Waals surface area contributed by atoms with E-state index in [2.05, 4.69) is 5.32 Å². The van der Waals surface area contributed by atoms with Crippen molar-refractivity contribution in [3.8, 4) is 0 Å². The van der Waals surface area contributed by atoms with E-state index in [1.54, 1.807) is 13.8 Å². The molecular formula is C12H15F2NO2. The molecule has 0 aliphatic rings. The van der Waals surface area contributed by atoms with E-state index in [1.807, 2.05) is 0 Å². The number of benzene rings is 1. The topological polar surface area (TPSA) is 49.3 Å². The zero-order chi connectivity index (χ0) is 13.2. The second-order valence-electron chi connectivity index (χ2n) is 4.45. The molecule has 0 spiro atoms. The lowest BCUT2D eigenvalue weighted by molar-refractivity contribution is 0.0705. The molecule has 0 aromatic heterocycles. The lowest BCUT2D eigenvalue weighted by Gasteiger charge is -2.29. The molecule has 1 aromatic rings. The summed E-state index contributed by atoms with van der Waals surface area (Å²) in [5.74, 6) is -3.02. The molecule has 94 valence electrons. The number of carbonyl (C=O) groups is 1. The van der Waals surface area contributed by atoms with Gasteiger partial charge in [-0.1, -0.05) is 6.07 Å². The normalized spacial score (nSPS) is 13.3. The summed E-state index contributed by atoms with van der Waals surface area (Å²) in [4.78, 5) is 11.7. The van der Waals surface area contributed by atoms with E-state index in [-0.39, 0.29) is 5.56 Å². The van der Waals surface area contributed by atoms with Crippen molar-refractivity contribution < 1.29 is 18.7 Å². The number of hydrogen-bond acceptors (Lipinski definition) is 2. The summed E-state index contributed by atoms with van der Waals surface area (Å²) < 4.78 is 26.3. The van der Waals surface area contributed by atoms with Crippen molar-refractivity contribution in [1.29, 1.82) is 0 Å². The first-order valence-electron chi connectivity index (χ1n) is 5.20. The smallest absolute Gasteiger partial charge is 0.254 e.